The summed E-state index contributed by atoms with van der Waals surface area (Å²) < 4.78 is 50.6. The first-order valence-corrected chi connectivity index (χ1v) is 9.02. The van der Waals surface area contributed by atoms with Crippen molar-refractivity contribution in [3.05, 3.63) is 70.3 Å². The Morgan fingerprint density at radius 3 is 2.59 bits per heavy atom. The van der Waals surface area contributed by atoms with Crippen LogP contribution in [0, 0.1) is 4.77 Å². The number of aromatic nitrogens is 3. The van der Waals surface area contributed by atoms with Crippen molar-refractivity contribution in [1.29, 1.82) is 0 Å². The molecule has 0 saturated carbocycles. The van der Waals surface area contributed by atoms with Gasteiger partial charge in [-0.15, -0.1) is 5.10 Å². The summed E-state index contributed by atoms with van der Waals surface area (Å²) in [6.07, 6.45) is -3.44. The monoisotopic (exact) mass is 422 g/mol. The Bertz CT molecular complexity index is 1050. The first-order chi connectivity index (χ1) is 13.9. The lowest BCUT2D eigenvalue weighted by Crippen LogP contribution is -2.12. The van der Waals surface area contributed by atoms with E-state index in [0.29, 0.717) is 35.0 Å². The van der Waals surface area contributed by atoms with E-state index in [0.717, 1.165) is 5.56 Å². The van der Waals surface area contributed by atoms with Crippen LogP contribution in [0.5, 0.6) is 11.5 Å². The standard InChI is InChI=1S/C19H17F3N4O2S/c1-2-27-16-10-14(8-9-15(16)28-12-13-6-4-3-5-7-13)11-23-26-17(19(20,21)22)24-25-18(26)29/h3-11H,2,12H2,1H3,(H,25,29)/b23-11-. The van der Waals surface area contributed by atoms with Gasteiger partial charge in [-0.05, 0) is 48.5 Å². The number of benzene rings is 2. The lowest BCUT2D eigenvalue weighted by atomic mass is 10.2. The SMILES string of the molecule is CCOc1cc(/C=N\n2c(C(F)(F)F)n[nH]c2=S)ccc1OCc1ccccc1. The molecule has 0 bridgehead atoms. The number of hydrogen-bond acceptors (Lipinski definition) is 5. The predicted octanol–water partition coefficient (Wildman–Crippen LogP) is 4.82. The van der Waals surface area contributed by atoms with Gasteiger partial charge in [0.1, 0.15) is 6.61 Å². The summed E-state index contributed by atoms with van der Waals surface area (Å²) in [6, 6.07) is 14.6. The fourth-order valence-electron chi connectivity index (χ4n) is 2.43. The molecule has 6 nitrogen and oxygen atoms in total. The molecule has 3 rings (SSSR count). The summed E-state index contributed by atoms with van der Waals surface area (Å²) in [5.74, 6) is -0.255. The molecule has 1 aromatic heterocycles. The van der Waals surface area contributed by atoms with Gasteiger partial charge in [-0.2, -0.15) is 22.9 Å². The third-order valence-electron chi connectivity index (χ3n) is 3.73. The summed E-state index contributed by atoms with van der Waals surface area (Å²) >= 11 is 4.81. The topological polar surface area (TPSA) is 64.4 Å². The maximum Gasteiger partial charge on any atom is 0.453 e. The molecular weight excluding hydrogens is 405 g/mol. The smallest absolute Gasteiger partial charge is 0.453 e. The Kier molecular flexibility index (Phi) is 6.32. The number of aromatic amines is 1. The van der Waals surface area contributed by atoms with E-state index in [-0.39, 0.29) is 4.77 Å². The average molecular weight is 422 g/mol. The second-order valence-corrected chi connectivity index (χ2v) is 6.21. The van der Waals surface area contributed by atoms with E-state index in [2.05, 4.69) is 15.3 Å². The zero-order valence-corrected chi connectivity index (χ0v) is 16.1. The lowest BCUT2D eigenvalue weighted by molar-refractivity contribution is -0.147. The van der Waals surface area contributed by atoms with Gasteiger partial charge in [0.05, 0.1) is 12.8 Å². The van der Waals surface area contributed by atoms with Crippen LogP contribution in [0.3, 0.4) is 0 Å². The van der Waals surface area contributed by atoms with Crippen molar-refractivity contribution in [3.8, 4) is 11.5 Å². The van der Waals surface area contributed by atoms with Crippen LogP contribution in [0.2, 0.25) is 0 Å². The molecule has 0 radical (unpaired) electrons. The Hall–Kier alpha value is -3.14. The number of ether oxygens (including phenoxy) is 2. The van der Waals surface area contributed by atoms with Crippen LogP contribution in [0.4, 0.5) is 13.2 Å². The minimum absolute atomic E-state index is 0.263. The molecule has 0 saturated heterocycles. The van der Waals surface area contributed by atoms with E-state index in [9.17, 15) is 13.2 Å². The minimum atomic E-state index is -4.68. The Labute approximate surface area is 169 Å². The Morgan fingerprint density at radius 2 is 1.90 bits per heavy atom. The highest BCUT2D eigenvalue weighted by molar-refractivity contribution is 7.71. The predicted molar refractivity (Wildman–Crippen MR) is 104 cm³/mol. The number of alkyl halides is 3. The summed E-state index contributed by atoms with van der Waals surface area (Å²) in [5, 5.41) is 9.07. The molecule has 29 heavy (non-hydrogen) atoms. The van der Waals surface area contributed by atoms with Crippen molar-refractivity contribution in [2.24, 2.45) is 5.10 Å². The molecular formula is C19H17F3N4O2S. The van der Waals surface area contributed by atoms with Crippen LogP contribution in [0.15, 0.2) is 53.6 Å². The zero-order chi connectivity index (χ0) is 20.9. The van der Waals surface area contributed by atoms with Crippen LogP contribution in [0.25, 0.3) is 0 Å². The zero-order valence-electron chi connectivity index (χ0n) is 15.3. The molecule has 10 heteroatoms. The van der Waals surface area contributed by atoms with Gasteiger partial charge in [0.2, 0.25) is 4.77 Å². The fraction of sp³-hybridized carbons (Fsp3) is 0.211. The van der Waals surface area contributed by atoms with Crippen LogP contribution in [-0.4, -0.2) is 27.7 Å². The van der Waals surface area contributed by atoms with Gasteiger partial charge < -0.3 is 9.47 Å². The molecule has 0 amide bonds. The highest BCUT2D eigenvalue weighted by Gasteiger charge is 2.37. The third kappa shape index (κ3) is 5.23. The van der Waals surface area contributed by atoms with E-state index in [1.54, 1.807) is 18.2 Å². The lowest BCUT2D eigenvalue weighted by Gasteiger charge is -2.12. The number of nitrogens with zero attached hydrogens (tertiary/aromatic N) is 3. The number of nitrogens with one attached hydrogen (secondary N) is 1. The second kappa shape index (κ2) is 8.91. The molecule has 0 aliphatic carbocycles. The summed E-state index contributed by atoms with van der Waals surface area (Å²) in [4.78, 5) is 0. The highest BCUT2D eigenvalue weighted by atomic mass is 32.1. The summed E-state index contributed by atoms with van der Waals surface area (Å²) in [5.41, 5.74) is 1.51. The van der Waals surface area contributed by atoms with E-state index in [1.165, 1.54) is 6.21 Å². The van der Waals surface area contributed by atoms with Gasteiger partial charge in [0.15, 0.2) is 11.5 Å². The molecule has 0 atom stereocenters. The van der Waals surface area contributed by atoms with Gasteiger partial charge in [0, 0.05) is 0 Å². The van der Waals surface area contributed by atoms with Crippen LogP contribution in [0.1, 0.15) is 23.9 Å². The third-order valence-corrected chi connectivity index (χ3v) is 4.00. The quantitative estimate of drug-likeness (QED) is 0.438. The number of H-pyrrole nitrogens is 1. The van der Waals surface area contributed by atoms with E-state index in [1.807, 2.05) is 37.3 Å². The van der Waals surface area contributed by atoms with Crippen molar-refractivity contribution in [2.75, 3.05) is 6.61 Å². The number of rotatable bonds is 7. The maximum absolute atomic E-state index is 13.0. The van der Waals surface area contributed by atoms with Crippen LogP contribution in [-0.2, 0) is 12.8 Å². The molecule has 152 valence electrons. The van der Waals surface area contributed by atoms with Crippen molar-refractivity contribution in [3.63, 3.8) is 0 Å². The van der Waals surface area contributed by atoms with E-state index in [4.69, 9.17) is 21.7 Å². The number of halogens is 3. The van der Waals surface area contributed by atoms with Crippen LogP contribution < -0.4 is 9.47 Å². The van der Waals surface area contributed by atoms with E-state index < -0.39 is 12.0 Å². The molecule has 0 unspecified atom stereocenters. The molecule has 2 aromatic carbocycles. The molecule has 1 N–H and O–H groups in total. The molecule has 3 aromatic rings. The average Bonchev–Trinajstić information content (AvgIpc) is 3.07. The van der Waals surface area contributed by atoms with E-state index >= 15 is 0 Å². The highest BCUT2D eigenvalue weighted by Crippen LogP contribution is 2.29. The molecule has 0 fully saturated rings. The van der Waals surface area contributed by atoms with Gasteiger partial charge in [0.25, 0.3) is 5.82 Å². The normalized spacial score (nSPS) is 11.7. The Balaban J connectivity index is 1.82. The Morgan fingerprint density at radius 1 is 1.14 bits per heavy atom. The minimum Gasteiger partial charge on any atom is -0.490 e. The second-order valence-electron chi connectivity index (χ2n) is 5.82. The summed E-state index contributed by atoms with van der Waals surface area (Å²) in [7, 11) is 0. The summed E-state index contributed by atoms with van der Waals surface area (Å²) in [6.45, 7) is 2.57. The van der Waals surface area contributed by atoms with Crippen molar-refractivity contribution in [2.45, 2.75) is 19.7 Å². The largest absolute Gasteiger partial charge is 0.490 e. The van der Waals surface area contributed by atoms with Crippen molar-refractivity contribution < 1.29 is 22.6 Å². The van der Waals surface area contributed by atoms with Gasteiger partial charge >= 0.3 is 6.18 Å². The van der Waals surface area contributed by atoms with Crippen molar-refractivity contribution in [1.82, 2.24) is 14.9 Å². The van der Waals surface area contributed by atoms with Gasteiger partial charge in [-0.25, -0.2) is 5.10 Å². The fourth-order valence-corrected chi connectivity index (χ4v) is 2.61. The van der Waals surface area contributed by atoms with Crippen LogP contribution >= 0.6 is 12.2 Å². The van der Waals surface area contributed by atoms with Gasteiger partial charge in [-0.1, -0.05) is 30.3 Å². The maximum atomic E-state index is 13.0. The number of hydrogen-bond donors (Lipinski definition) is 1. The molecule has 0 aliphatic heterocycles. The first-order valence-electron chi connectivity index (χ1n) is 8.61. The molecule has 0 aliphatic rings. The first kappa shape index (κ1) is 20.6. The molecule has 1 heterocycles. The van der Waals surface area contributed by atoms with Crippen molar-refractivity contribution >= 4 is 18.4 Å². The van der Waals surface area contributed by atoms with Gasteiger partial charge in [-0.3, -0.25) is 0 Å². The molecule has 0 spiro atoms.